The SMILES string of the molecule is Cc1cc(C)cc(C(=O)NCc2nccnc2-c2ccsc2)c1. The molecule has 0 bridgehead atoms. The number of carbonyl (C=O) groups excluding carboxylic acids is 1. The second-order valence-corrected chi connectivity index (χ2v) is 6.20. The molecule has 0 atom stereocenters. The van der Waals surface area contributed by atoms with E-state index in [9.17, 15) is 4.79 Å². The molecule has 2 aromatic heterocycles. The van der Waals surface area contributed by atoms with Crippen LogP contribution in [0.2, 0.25) is 0 Å². The average Bonchev–Trinajstić information content (AvgIpc) is 3.06. The van der Waals surface area contributed by atoms with Gasteiger partial charge in [0.05, 0.1) is 17.9 Å². The Morgan fingerprint density at radius 2 is 1.87 bits per heavy atom. The molecule has 116 valence electrons. The predicted molar refractivity (Wildman–Crippen MR) is 92.4 cm³/mol. The van der Waals surface area contributed by atoms with Crippen molar-refractivity contribution in [1.82, 2.24) is 15.3 Å². The van der Waals surface area contributed by atoms with Crippen LogP contribution in [0.4, 0.5) is 0 Å². The van der Waals surface area contributed by atoms with E-state index in [1.54, 1.807) is 23.7 Å². The predicted octanol–water partition coefficient (Wildman–Crippen LogP) is 3.75. The van der Waals surface area contributed by atoms with E-state index in [0.717, 1.165) is 28.1 Å². The van der Waals surface area contributed by atoms with Gasteiger partial charge in [0.15, 0.2) is 0 Å². The fourth-order valence-electron chi connectivity index (χ4n) is 2.51. The first kappa shape index (κ1) is 15.4. The van der Waals surface area contributed by atoms with Crippen molar-refractivity contribution >= 4 is 17.2 Å². The number of aryl methyl sites for hydroxylation is 2. The number of aromatic nitrogens is 2. The molecule has 5 heteroatoms. The molecule has 1 N–H and O–H groups in total. The fourth-order valence-corrected chi connectivity index (χ4v) is 3.15. The van der Waals surface area contributed by atoms with Gasteiger partial charge in [0, 0.05) is 28.9 Å². The van der Waals surface area contributed by atoms with Gasteiger partial charge in [0.25, 0.3) is 5.91 Å². The standard InChI is InChI=1S/C18H17N3OS/c1-12-7-13(2)9-15(8-12)18(22)21-10-16-17(20-5-4-19-16)14-3-6-23-11-14/h3-9,11H,10H2,1-2H3,(H,21,22). The van der Waals surface area contributed by atoms with Crippen LogP contribution in [0.5, 0.6) is 0 Å². The summed E-state index contributed by atoms with van der Waals surface area (Å²) < 4.78 is 0. The Hall–Kier alpha value is -2.53. The molecule has 0 spiro atoms. The number of thiophene rings is 1. The Kier molecular flexibility index (Phi) is 4.48. The van der Waals surface area contributed by atoms with Crippen LogP contribution < -0.4 is 5.32 Å². The van der Waals surface area contributed by atoms with Gasteiger partial charge in [0.1, 0.15) is 0 Å². The zero-order valence-corrected chi connectivity index (χ0v) is 13.9. The number of rotatable bonds is 4. The van der Waals surface area contributed by atoms with E-state index in [-0.39, 0.29) is 5.91 Å². The minimum atomic E-state index is -0.0984. The summed E-state index contributed by atoms with van der Waals surface area (Å²) in [5, 5.41) is 6.96. The summed E-state index contributed by atoms with van der Waals surface area (Å²) >= 11 is 1.61. The molecule has 23 heavy (non-hydrogen) atoms. The second-order valence-electron chi connectivity index (χ2n) is 5.42. The first-order valence-electron chi connectivity index (χ1n) is 7.32. The summed E-state index contributed by atoms with van der Waals surface area (Å²) in [5.41, 5.74) is 5.43. The summed E-state index contributed by atoms with van der Waals surface area (Å²) in [6.45, 7) is 4.33. The number of hydrogen-bond donors (Lipinski definition) is 1. The number of carbonyl (C=O) groups is 1. The molecule has 0 radical (unpaired) electrons. The zero-order chi connectivity index (χ0) is 16.2. The second kappa shape index (κ2) is 6.71. The summed E-state index contributed by atoms with van der Waals surface area (Å²) in [6, 6.07) is 7.83. The average molecular weight is 323 g/mol. The van der Waals surface area contributed by atoms with E-state index in [4.69, 9.17) is 0 Å². The van der Waals surface area contributed by atoms with E-state index >= 15 is 0 Å². The number of hydrogen-bond acceptors (Lipinski definition) is 4. The van der Waals surface area contributed by atoms with Gasteiger partial charge in [-0.1, -0.05) is 17.2 Å². The van der Waals surface area contributed by atoms with Crippen LogP contribution >= 0.6 is 11.3 Å². The smallest absolute Gasteiger partial charge is 0.251 e. The number of nitrogens with zero attached hydrogens (tertiary/aromatic N) is 2. The third-order valence-corrected chi connectivity index (χ3v) is 4.15. The quantitative estimate of drug-likeness (QED) is 0.795. The third-order valence-electron chi connectivity index (χ3n) is 3.47. The van der Waals surface area contributed by atoms with Gasteiger partial charge < -0.3 is 5.32 Å². The summed E-state index contributed by atoms with van der Waals surface area (Å²) in [7, 11) is 0. The topological polar surface area (TPSA) is 54.9 Å². The zero-order valence-electron chi connectivity index (χ0n) is 13.0. The first-order valence-corrected chi connectivity index (χ1v) is 8.27. The maximum Gasteiger partial charge on any atom is 0.251 e. The normalized spacial score (nSPS) is 10.5. The molecule has 4 nitrogen and oxygen atoms in total. The maximum absolute atomic E-state index is 12.4. The van der Waals surface area contributed by atoms with Crippen LogP contribution in [0, 0.1) is 13.8 Å². The highest BCUT2D eigenvalue weighted by Gasteiger charge is 2.11. The molecule has 3 rings (SSSR count). The minimum absolute atomic E-state index is 0.0984. The lowest BCUT2D eigenvalue weighted by Crippen LogP contribution is -2.24. The van der Waals surface area contributed by atoms with Crippen molar-refractivity contribution in [3.8, 4) is 11.3 Å². The molecule has 0 fully saturated rings. The van der Waals surface area contributed by atoms with Crippen LogP contribution in [0.25, 0.3) is 11.3 Å². The van der Waals surface area contributed by atoms with Gasteiger partial charge in [-0.05, 0) is 37.4 Å². The highest BCUT2D eigenvalue weighted by molar-refractivity contribution is 7.08. The maximum atomic E-state index is 12.4. The van der Waals surface area contributed by atoms with Gasteiger partial charge in [-0.3, -0.25) is 14.8 Å². The minimum Gasteiger partial charge on any atom is -0.346 e. The molecule has 2 heterocycles. The van der Waals surface area contributed by atoms with Crippen molar-refractivity contribution in [3.63, 3.8) is 0 Å². The van der Waals surface area contributed by atoms with Gasteiger partial charge in [-0.25, -0.2) is 0 Å². The van der Waals surface area contributed by atoms with Crippen molar-refractivity contribution in [1.29, 1.82) is 0 Å². The molecular formula is C18H17N3OS. The Morgan fingerprint density at radius 1 is 1.13 bits per heavy atom. The largest absolute Gasteiger partial charge is 0.346 e. The Morgan fingerprint density at radius 3 is 2.57 bits per heavy atom. The molecule has 1 aromatic carbocycles. The third kappa shape index (κ3) is 3.63. The van der Waals surface area contributed by atoms with Crippen LogP contribution in [-0.2, 0) is 6.54 Å². The van der Waals surface area contributed by atoms with Gasteiger partial charge in [-0.2, -0.15) is 11.3 Å². The Labute approximate surface area is 139 Å². The number of benzene rings is 1. The summed E-state index contributed by atoms with van der Waals surface area (Å²) in [6.07, 6.45) is 3.32. The van der Waals surface area contributed by atoms with Crippen LogP contribution in [0.3, 0.4) is 0 Å². The van der Waals surface area contributed by atoms with Crippen LogP contribution in [0.1, 0.15) is 27.2 Å². The Bertz CT molecular complexity index is 808. The lowest BCUT2D eigenvalue weighted by atomic mass is 10.1. The summed E-state index contributed by atoms with van der Waals surface area (Å²) in [5.74, 6) is -0.0984. The lowest BCUT2D eigenvalue weighted by Gasteiger charge is -2.09. The highest BCUT2D eigenvalue weighted by atomic mass is 32.1. The van der Waals surface area contributed by atoms with E-state index in [1.807, 2.05) is 48.9 Å². The van der Waals surface area contributed by atoms with Crippen molar-refractivity contribution < 1.29 is 4.79 Å². The van der Waals surface area contributed by atoms with Crippen molar-refractivity contribution in [2.75, 3.05) is 0 Å². The monoisotopic (exact) mass is 323 g/mol. The van der Waals surface area contributed by atoms with Gasteiger partial charge in [-0.15, -0.1) is 0 Å². The molecule has 1 amide bonds. The van der Waals surface area contributed by atoms with Crippen LogP contribution in [-0.4, -0.2) is 15.9 Å². The van der Waals surface area contributed by atoms with Crippen molar-refractivity contribution in [2.24, 2.45) is 0 Å². The van der Waals surface area contributed by atoms with E-state index in [0.29, 0.717) is 12.1 Å². The van der Waals surface area contributed by atoms with Crippen LogP contribution in [0.15, 0.2) is 47.4 Å². The van der Waals surface area contributed by atoms with Gasteiger partial charge >= 0.3 is 0 Å². The molecule has 3 aromatic rings. The molecular weight excluding hydrogens is 306 g/mol. The fraction of sp³-hybridized carbons (Fsp3) is 0.167. The highest BCUT2D eigenvalue weighted by Crippen LogP contribution is 2.22. The first-order chi connectivity index (χ1) is 11.1. The molecule has 0 unspecified atom stereocenters. The van der Waals surface area contributed by atoms with Gasteiger partial charge in [0.2, 0.25) is 0 Å². The van der Waals surface area contributed by atoms with E-state index in [2.05, 4.69) is 15.3 Å². The molecule has 0 aliphatic heterocycles. The van der Waals surface area contributed by atoms with Crippen molar-refractivity contribution in [2.45, 2.75) is 20.4 Å². The number of amides is 1. The molecule has 0 saturated carbocycles. The van der Waals surface area contributed by atoms with E-state index in [1.165, 1.54) is 0 Å². The molecule has 0 saturated heterocycles. The summed E-state index contributed by atoms with van der Waals surface area (Å²) in [4.78, 5) is 21.1. The number of nitrogens with one attached hydrogen (secondary N) is 1. The molecule has 0 aliphatic rings. The Balaban J connectivity index is 1.77. The lowest BCUT2D eigenvalue weighted by molar-refractivity contribution is 0.0950. The van der Waals surface area contributed by atoms with E-state index < -0.39 is 0 Å². The molecule has 0 aliphatic carbocycles. The van der Waals surface area contributed by atoms with Crippen molar-refractivity contribution in [3.05, 3.63) is 69.8 Å².